The Balaban J connectivity index is 1.77. The number of rotatable bonds is 5. The van der Waals surface area contributed by atoms with Gasteiger partial charge in [0.25, 0.3) is 10.0 Å². The maximum atomic E-state index is 13.4. The first-order valence-electron chi connectivity index (χ1n) is 10.2. The predicted molar refractivity (Wildman–Crippen MR) is 122 cm³/mol. The van der Waals surface area contributed by atoms with Crippen molar-refractivity contribution in [3.63, 3.8) is 0 Å². The molecule has 158 valence electrons. The molecule has 0 amide bonds. The number of methoxy groups -OCH3 is 1. The van der Waals surface area contributed by atoms with Crippen molar-refractivity contribution in [2.24, 2.45) is 0 Å². The third-order valence-electron chi connectivity index (χ3n) is 6.14. The number of aryl methyl sites for hydroxylation is 1. The minimum atomic E-state index is -3.74. The Bertz CT molecular complexity index is 1200. The van der Waals surface area contributed by atoms with Crippen molar-refractivity contribution in [2.45, 2.75) is 37.1 Å². The molecule has 1 atom stereocenters. The molecule has 1 unspecified atom stereocenters. The number of benzene rings is 3. The molecule has 30 heavy (non-hydrogen) atoms. The van der Waals surface area contributed by atoms with Gasteiger partial charge in [0.1, 0.15) is 5.75 Å². The van der Waals surface area contributed by atoms with E-state index in [2.05, 4.69) is 23.7 Å². The number of nitrogens with one attached hydrogen (secondary N) is 1. The first-order chi connectivity index (χ1) is 14.3. The highest BCUT2D eigenvalue weighted by Gasteiger charge is 2.27. The van der Waals surface area contributed by atoms with Crippen LogP contribution in [0, 0.1) is 6.92 Å². The van der Waals surface area contributed by atoms with Gasteiger partial charge in [-0.3, -0.25) is 4.72 Å². The molecule has 0 spiro atoms. The van der Waals surface area contributed by atoms with Crippen LogP contribution in [0.3, 0.4) is 0 Å². The summed E-state index contributed by atoms with van der Waals surface area (Å²) in [6, 6.07) is 15.3. The second-order valence-corrected chi connectivity index (χ2v) is 9.82. The van der Waals surface area contributed by atoms with E-state index in [4.69, 9.17) is 4.74 Å². The van der Waals surface area contributed by atoms with Crippen LogP contribution in [-0.2, 0) is 22.9 Å². The fourth-order valence-electron chi connectivity index (χ4n) is 4.41. The SMILES string of the molecule is COc1ccc(NS(=O)(=O)c2ccc(C)c3ccccc23)c2c1CC(N(C)C)CC2. The van der Waals surface area contributed by atoms with Crippen molar-refractivity contribution in [1.29, 1.82) is 0 Å². The summed E-state index contributed by atoms with van der Waals surface area (Å²) in [6.45, 7) is 1.99. The quantitative estimate of drug-likeness (QED) is 0.661. The van der Waals surface area contributed by atoms with E-state index < -0.39 is 10.0 Å². The lowest BCUT2D eigenvalue weighted by Gasteiger charge is -2.32. The van der Waals surface area contributed by atoms with E-state index in [9.17, 15) is 8.42 Å². The van der Waals surface area contributed by atoms with E-state index in [0.717, 1.165) is 52.5 Å². The van der Waals surface area contributed by atoms with E-state index in [1.807, 2.05) is 49.4 Å². The molecule has 0 fully saturated rings. The van der Waals surface area contributed by atoms with Crippen molar-refractivity contribution in [1.82, 2.24) is 4.90 Å². The smallest absolute Gasteiger partial charge is 0.262 e. The maximum absolute atomic E-state index is 13.4. The van der Waals surface area contributed by atoms with Gasteiger partial charge in [0.05, 0.1) is 17.7 Å². The average Bonchev–Trinajstić information content (AvgIpc) is 2.73. The van der Waals surface area contributed by atoms with Gasteiger partial charge < -0.3 is 9.64 Å². The highest BCUT2D eigenvalue weighted by atomic mass is 32.2. The van der Waals surface area contributed by atoms with Gasteiger partial charge in [-0.1, -0.05) is 30.3 Å². The van der Waals surface area contributed by atoms with Gasteiger partial charge in [0.2, 0.25) is 0 Å². The molecule has 0 heterocycles. The van der Waals surface area contributed by atoms with Crippen LogP contribution in [0.15, 0.2) is 53.4 Å². The zero-order chi connectivity index (χ0) is 21.5. The molecule has 0 bridgehead atoms. The topological polar surface area (TPSA) is 58.6 Å². The summed E-state index contributed by atoms with van der Waals surface area (Å²) in [5.74, 6) is 0.820. The third kappa shape index (κ3) is 3.66. The van der Waals surface area contributed by atoms with Gasteiger partial charge in [-0.2, -0.15) is 0 Å². The highest BCUT2D eigenvalue weighted by molar-refractivity contribution is 7.93. The normalized spacial score (nSPS) is 16.5. The molecule has 0 radical (unpaired) electrons. The Morgan fingerprint density at radius 1 is 1.00 bits per heavy atom. The summed E-state index contributed by atoms with van der Waals surface area (Å²) in [7, 11) is 2.08. The minimum Gasteiger partial charge on any atom is -0.496 e. The van der Waals surface area contributed by atoms with Crippen LogP contribution in [-0.4, -0.2) is 40.6 Å². The molecule has 0 saturated heterocycles. The summed E-state index contributed by atoms with van der Waals surface area (Å²) in [4.78, 5) is 2.52. The van der Waals surface area contributed by atoms with Crippen LogP contribution in [0.25, 0.3) is 10.8 Å². The Morgan fingerprint density at radius 3 is 2.43 bits per heavy atom. The zero-order valence-corrected chi connectivity index (χ0v) is 18.7. The standard InChI is InChI=1S/C24H28N2O3S/c1-16-9-14-24(20-8-6-5-7-18(16)20)30(27,28)25-22-12-13-23(29-4)21-15-17(26(2)3)10-11-19(21)22/h5-9,12-14,17,25H,10-11,15H2,1-4H3. The number of anilines is 1. The molecule has 0 aliphatic heterocycles. The lowest BCUT2D eigenvalue weighted by atomic mass is 9.86. The van der Waals surface area contributed by atoms with Crippen molar-refractivity contribution in [3.8, 4) is 5.75 Å². The first-order valence-corrected chi connectivity index (χ1v) is 11.7. The Kier molecular flexibility index (Phi) is 5.47. The van der Waals surface area contributed by atoms with E-state index in [-0.39, 0.29) is 0 Å². The van der Waals surface area contributed by atoms with E-state index in [1.54, 1.807) is 13.2 Å². The molecule has 1 aliphatic carbocycles. The lowest BCUT2D eigenvalue weighted by Crippen LogP contribution is -2.34. The lowest BCUT2D eigenvalue weighted by molar-refractivity contribution is 0.265. The van der Waals surface area contributed by atoms with Crippen molar-refractivity contribution >= 4 is 26.5 Å². The van der Waals surface area contributed by atoms with Crippen LogP contribution < -0.4 is 9.46 Å². The Labute approximate surface area is 178 Å². The summed E-state index contributed by atoms with van der Waals surface area (Å²) < 4.78 is 35.2. The number of hydrogen-bond acceptors (Lipinski definition) is 4. The number of hydrogen-bond donors (Lipinski definition) is 1. The Hall–Kier alpha value is -2.57. The molecule has 5 nitrogen and oxygen atoms in total. The van der Waals surface area contributed by atoms with Gasteiger partial charge in [-0.25, -0.2) is 8.42 Å². The number of fused-ring (bicyclic) bond motifs is 2. The number of sulfonamides is 1. The summed E-state index contributed by atoms with van der Waals surface area (Å²) in [6.07, 6.45) is 2.63. The number of ether oxygens (including phenoxy) is 1. The van der Waals surface area contributed by atoms with Crippen LogP contribution in [0.2, 0.25) is 0 Å². The summed E-state index contributed by atoms with van der Waals surface area (Å²) in [5.41, 5.74) is 3.83. The molecule has 4 rings (SSSR count). The largest absolute Gasteiger partial charge is 0.496 e. The zero-order valence-electron chi connectivity index (χ0n) is 17.9. The molecule has 6 heteroatoms. The van der Waals surface area contributed by atoms with Crippen LogP contribution >= 0.6 is 0 Å². The van der Waals surface area contributed by atoms with Gasteiger partial charge in [0.15, 0.2) is 0 Å². The maximum Gasteiger partial charge on any atom is 0.262 e. The predicted octanol–water partition coefficient (Wildman–Crippen LogP) is 4.38. The highest BCUT2D eigenvalue weighted by Crippen LogP contribution is 2.37. The van der Waals surface area contributed by atoms with Gasteiger partial charge >= 0.3 is 0 Å². The minimum absolute atomic E-state index is 0.301. The van der Waals surface area contributed by atoms with Crippen LogP contribution in [0.4, 0.5) is 5.69 Å². The van der Waals surface area contributed by atoms with E-state index >= 15 is 0 Å². The Morgan fingerprint density at radius 2 is 1.73 bits per heavy atom. The summed E-state index contributed by atoms with van der Waals surface area (Å²) in [5, 5.41) is 1.69. The monoisotopic (exact) mass is 424 g/mol. The fourth-order valence-corrected chi connectivity index (χ4v) is 5.72. The number of nitrogens with zero attached hydrogens (tertiary/aromatic N) is 1. The molecule has 1 N–H and O–H groups in total. The third-order valence-corrected chi connectivity index (χ3v) is 7.57. The van der Waals surface area contributed by atoms with Crippen LogP contribution in [0.1, 0.15) is 23.1 Å². The first kappa shape index (κ1) is 20.7. The molecule has 0 saturated carbocycles. The number of likely N-dealkylation sites (N-methyl/N-ethyl adjacent to an activating group) is 1. The molecule has 1 aliphatic rings. The average molecular weight is 425 g/mol. The second-order valence-electron chi connectivity index (χ2n) is 8.16. The molecule has 3 aromatic rings. The molecular formula is C24H28N2O3S. The molecular weight excluding hydrogens is 396 g/mol. The van der Waals surface area contributed by atoms with Crippen LogP contribution in [0.5, 0.6) is 5.75 Å². The second kappa shape index (κ2) is 7.93. The van der Waals surface area contributed by atoms with Gasteiger partial charge in [-0.05, 0) is 75.0 Å². The van der Waals surface area contributed by atoms with Crippen molar-refractivity contribution < 1.29 is 13.2 Å². The molecule has 0 aromatic heterocycles. The van der Waals surface area contributed by atoms with Crippen molar-refractivity contribution in [3.05, 3.63) is 65.2 Å². The van der Waals surface area contributed by atoms with E-state index in [0.29, 0.717) is 16.6 Å². The van der Waals surface area contributed by atoms with Crippen molar-refractivity contribution in [2.75, 3.05) is 25.9 Å². The van der Waals surface area contributed by atoms with Gasteiger partial charge in [0, 0.05) is 17.0 Å². The van der Waals surface area contributed by atoms with Gasteiger partial charge in [-0.15, -0.1) is 0 Å². The molecule has 3 aromatic carbocycles. The summed E-state index contributed by atoms with van der Waals surface area (Å²) >= 11 is 0. The fraction of sp³-hybridized carbons (Fsp3) is 0.333. The van der Waals surface area contributed by atoms with E-state index in [1.165, 1.54) is 0 Å².